The maximum Gasteiger partial charge on any atom is 0.239 e. The number of nitriles is 1. The topological polar surface area (TPSA) is 56.1 Å². The molecule has 1 aliphatic heterocycles. The molecule has 118 valence electrons. The van der Waals surface area contributed by atoms with E-state index in [9.17, 15) is 10.1 Å². The van der Waals surface area contributed by atoms with Gasteiger partial charge in [0.05, 0.1) is 12.1 Å². The van der Waals surface area contributed by atoms with E-state index < -0.39 is 0 Å². The molecule has 0 radical (unpaired) electrons. The van der Waals surface area contributed by atoms with Crippen molar-refractivity contribution in [3.05, 3.63) is 16.0 Å². The summed E-state index contributed by atoms with van der Waals surface area (Å²) >= 11 is 1.60. The molecule has 0 unspecified atom stereocenters. The Hall–Kier alpha value is -1.38. The smallest absolute Gasteiger partial charge is 0.239 e. The molecule has 0 spiro atoms. The summed E-state index contributed by atoms with van der Waals surface area (Å²) in [6.45, 7) is 4.69. The zero-order chi connectivity index (χ0) is 15.5. The van der Waals surface area contributed by atoms with Gasteiger partial charge in [-0.25, -0.2) is 0 Å². The monoisotopic (exact) mass is 317 g/mol. The SMILES string of the molecule is C[C@H]1CCCN(CC(=O)Nc2sc3c(c2C#N)CCCC3)C1. The molecule has 2 aliphatic rings. The van der Waals surface area contributed by atoms with Crippen LogP contribution in [0.1, 0.15) is 48.6 Å². The van der Waals surface area contributed by atoms with Crippen LogP contribution in [-0.2, 0) is 17.6 Å². The summed E-state index contributed by atoms with van der Waals surface area (Å²) < 4.78 is 0. The van der Waals surface area contributed by atoms with Crippen molar-refractivity contribution < 1.29 is 4.79 Å². The summed E-state index contributed by atoms with van der Waals surface area (Å²) in [6, 6.07) is 2.30. The van der Waals surface area contributed by atoms with Gasteiger partial charge in [-0.05, 0) is 56.6 Å². The highest BCUT2D eigenvalue weighted by Gasteiger charge is 2.23. The highest BCUT2D eigenvalue weighted by molar-refractivity contribution is 7.16. The zero-order valence-corrected chi connectivity index (χ0v) is 14.0. The predicted molar refractivity (Wildman–Crippen MR) is 89.1 cm³/mol. The molecule has 1 fully saturated rings. The van der Waals surface area contributed by atoms with Crippen LogP contribution in [0, 0.1) is 17.2 Å². The summed E-state index contributed by atoms with van der Waals surface area (Å²) in [7, 11) is 0. The first-order chi connectivity index (χ1) is 10.7. The van der Waals surface area contributed by atoms with Crippen LogP contribution in [0.2, 0.25) is 0 Å². The van der Waals surface area contributed by atoms with Crippen molar-refractivity contribution in [1.82, 2.24) is 4.90 Å². The van der Waals surface area contributed by atoms with Crippen LogP contribution >= 0.6 is 11.3 Å². The standard InChI is InChI=1S/C17H23N3OS/c1-12-5-4-8-20(10-12)11-16(21)19-17-14(9-18)13-6-2-3-7-15(13)22-17/h12H,2-8,10-11H2,1H3,(H,19,21)/t12-/m0/s1. The normalized spacial score (nSPS) is 21.9. The number of anilines is 1. The molecule has 0 aromatic carbocycles. The second-order valence-electron chi connectivity index (χ2n) is 6.56. The fourth-order valence-electron chi connectivity index (χ4n) is 3.57. The maximum absolute atomic E-state index is 12.3. The molecule has 1 aromatic heterocycles. The highest BCUT2D eigenvalue weighted by atomic mass is 32.1. The number of nitrogens with one attached hydrogen (secondary N) is 1. The molecule has 1 aliphatic carbocycles. The number of piperidine rings is 1. The first kappa shape index (κ1) is 15.5. The van der Waals surface area contributed by atoms with E-state index >= 15 is 0 Å². The highest BCUT2D eigenvalue weighted by Crippen LogP contribution is 2.37. The van der Waals surface area contributed by atoms with Gasteiger partial charge >= 0.3 is 0 Å². The lowest BCUT2D eigenvalue weighted by atomic mass is 9.96. The van der Waals surface area contributed by atoms with Gasteiger partial charge in [0.25, 0.3) is 0 Å². The maximum atomic E-state index is 12.3. The van der Waals surface area contributed by atoms with Crippen molar-refractivity contribution in [2.45, 2.75) is 45.4 Å². The van der Waals surface area contributed by atoms with Crippen LogP contribution in [-0.4, -0.2) is 30.4 Å². The number of hydrogen-bond donors (Lipinski definition) is 1. The number of fused-ring (bicyclic) bond motifs is 1. The summed E-state index contributed by atoms with van der Waals surface area (Å²) in [6.07, 6.45) is 6.80. The third-order valence-corrected chi connectivity index (χ3v) is 5.85. The summed E-state index contributed by atoms with van der Waals surface area (Å²) in [4.78, 5) is 15.8. The summed E-state index contributed by atoms with van der Waals surface area (Å²) in [5, 5.41) is 13.2. The first-order valence-corrected chi connectivity index (χ1v) is 9.06. The van der Waals surface area contributed by atoms with Crippen LogP contribution in [0.3, 0.4) is 0 Å². The number of likely N-dealkylation sites (tertiary alicyclic amines) is 1. The molecule has 1 saturated heterocycles. The van der Waals surface area contributed by atoms with Gasteiger partial charge in [-0.1, -0.05) is 6.92 Å². The second-order valence-corrected chi connectivity index (χ2v) is 7.66. The number of amides is 1. The van der Waals surface area contributed by atoms with E-state index in [2.05, 4.69) is 23.2 Å². The molecule has 0 bridgehead atoms. The summed E-state index contributed by atoms with van der Waals surface area (Å²) in [5.41, 5.74) is 1.89. The average molecular weight is 317 g/mol. The average Bonchev–Trinajstić information content (AvgIpc) is 2.83. The molecular formula is C17H23N3OS. The van der Waals surface area contributed by atoms with Gasteiger partial charge in [0.2, 0.25) is 5.91 Å². The van der Waals surface area contributed by atoms with Crippen molar-refractivity contribution in [1.29, 1.82) is 5.26 Å². The van der Waals surface area contributed by atoms with Crippen LogP contribution < -0.4 is 5.32 Å². The molecule has 1 amide bonds. The summed E-state index contributed by atoms with van der Waals surface area (Å²) in [5.74, 6) is 0.689. The van der Waals surface area contributed by atoms with E-state index in [4.69, 9.17) is 0 Å². The number of rotatable bonds is 3. The molecule has 22 heavy (non-hydrogen) atoms. The van der Waals surface area contributed by atoms with E-state index in [1.165, 1.54) is 29.7 Å². The van der Waals surface area contributed by atoms with Crippen molar-refractivity contribution in [2.75, 3.05) is 25.0 Å². The van der Waals surface area contributed by atoms with E-state index in [0.29, 0.717) is 18.0 Å². The van der Waals surface area contributed by atoms with E-state index in [1.807, 2.05) is 0 Å². The number of thiophene rings is 1. The Kier molecular flexibility index (Phi) is 4.80. The molecule has 4 nitrogen and oxygen atoms in total. The Morgan fingerprint density at radius 1 is 1.41 bits per heavy atom. The van der Waals surface area contributed by atoms with Crippen molar-refractivity contribution in [3.8, 4) is 6.07 Å². The third-order valence-electron chi connectivity index (χ3n) is 4.64. The largest absolute Gasteiger partial charge is 0.315 e. The fourth-order valence-corrected chi connectivity index (χ4v) is 4.83. The minimum atomic E-state index is 0.0178. The fraction of sp³-hybridized carbons (Fsp3) is 0.647. The quantitative estimate of drug-likeness (QED) is 0.931. The van der Waals surface area contributed by atoms with Crippen LogP contribution in [0.25, 0.3) is 0 Å². The lowest BCUT2D eigenvalue weighted by Crippen LogP contribution is -2.39. The van der Waals surface area contributed by atoms with Crippen LogP contribution in [0.15, 0.2) is 0 Å². The minimum absolute atomic E-state index is 0.0178. The van der Waals surface area contributed by atoms with Gasteiger partial charge in [-0.2, -0.15) is 5.26 Å². The number of nitrogens with zero attached hydrogens (tertiary/aromatic N) is 2. The van der Waals surface area contributed by atoms with E-state index in [0.717, 1.165) is 37.4 Å². The Balaban J connectivity index is 1.66. The zero-order valence-electron chi connectivity index (χ0n) is 13.2. The molecular weight excluding hydrogens is 294 g/mol. The van der Waals surface area contributed by atoms with Gasteiger partial charge in [0.15, 0.2) is 0 Å². The number of carbonyl (C=O) groups is 1. The lowest BCUT2D eigenvalue weighted by Gasteiger charge is -2.30. The minimum Gasteiger partial charge on any atom is -0.315 e. The Bertz CT molecular complexity index is 602. The predicted octanol–water partition coefficient (Wildman–Crippen LogP) is 3.17. The Labute approximate surface area is 136 Å². The number of hydrogen-bond acceptors (Lipinski definition) is 4. The van der Waals surface area contributed by atoms with Crippen LogP contribution in [0.5, 0.6) is 0 Å². The first-order valence-electron chi connectivity index (χ1n) is 8.24. The van der Waals surface area contributed by atoms with Crippen LogP contribution in [0.4, 0.5) is 5.00 Å². The van der Waals surface area contributed by atoms with Gasteiger partial charge in [0, 0.05) is 11.4 Å². The second kappa shape index (κ2) is 6.80. The van der Waals surface area contributed by atoms with Gasteiger partial charge in [-0.15, -0.1) is 11.3 Å². The molecule has 1 aromatic rings. The molecule has 1 atom stereocenters. The number of carbonyl (C=O) groups excluding carboxylic acids is 1. The van der Waals surface area contributed by atoms with Crippen molar-refractivity contribution >= 4 is 22.2 Å². The van der Waals surface area contributed by atoms with E-state index in [1.54, 1.807) is 11.3 Å². The molecule has 3 rings (SSSR count). The Morgan fingerprint density at radius 2 is 2.23 bits per heavy atom. The third kappa shape index (κ3) is 3.34. The van der Waals surface area contributed by atoms with E-state index in [-0.39, 0.29) is 5.91 Å². The Morgan fingerprint density at radius 3 is 3.00 bits per heavy atom. The molecule has 0 saturated carbocycles. The van der Waals surface area contributed by atoms with Crippen molar-refractivity contribution in [3.63, 3.8) is 0 Å². The van der Waals surface area contributed by atoms with Gasteiger partial charge < -0.3 is 5.32 Å². The molecule has 5 heteroatoms. The van der Waals surface area contributed by atoms with Crippen molar-refractivity contribution in [2.24, 2.45) is 5.92 Å². The lowest BCUT2D eigenvalue weighted by molar-refractivity contribution is -0.117. The number of aryl methyl sites for hydroxylation is 1. The molecule has 1 N–H and O–H groups in total. The van der Waals surface area contributed by atoms with Gasteiger partial charge in [-0.3, -0.25) is 9.69 Å². The van der Waals surface area contributed by atoms with Gasteiger partial charge in [0.1, 0.15) is 11.1 Å². The molecule has 2 heterocycles.